The molecular weight excluding hydrogens is 404 g/mol. The number of benzene rings is 2. The third kappa shape index (κ3) is 4.47. The summed E-state index contributed by atoms with van der Waals surface area (Å²) in [6.07, 6.45) is 1.46. The molecule has 0 unspecified atom stereocenters. The molecule has 7 nitrogen and oxygen atoms in total. The zero-order chi connectivity index (χ0) is 20.1. The van der Waals surface area contributed by atoms with Gasteiger partial charge < -0.3 is 19.0 Å². The van der Waals surface area contributed by atoms with Gasteiger partial charge in [0.25, 0.3) is 5.22 Å². The normalized spacial score (nSPS) is 11.3. The van der Waals surface area contributed by atoms with E-state index in [1.165, 1.54) is 20.3 Å². The number of aliphatic carboxylic acids is 1. The number of para-hydroxylation sites is 1. The fourth-order valence-corrected chi connectivity index (χ4v) is 3.15. The van der Waals surface area contributed by atoms with Gasteiger partial charge in [-0.25, -0.2) is 4.79 Å². The largest absolute Gasteiger partial charge is 0.493 e. The monoisotopic (exact) mass is 418 g/mol. The highest BCUT2D eigenvalue weighted by atomic mass is 35.5. The van der Waals surface area contributed by atoms with Crippen LogP contribution < -0.4 is 9.47 Å². The van der Waals surface area contributed by atoms with Crippen LogP contribution in [0.15, 0.2) is 57.0 Å². The molecule has 0 aliphatic heterocycles. The summed E-state index contributed by atoms with van der Waals surface area (Å²) in [5.41, 5.74) is 1.23. The van der Waals surface area contributed by atoms with E-state index in [0.717, 1.165) is 11.8 Å². The number of carbonyl (C=O) groups is 1. The van der Waals surface area contributed by atoms with Crippen LogP contribution in [0.5, 0.6) is 11.5 Å². The molecule has 0 aliphatic rings. The van der Waals surface area contributed by atoms with Crippen LogP contribution in [0.1, 0.15) is 5.56 Å². The highest BCUT2D eigenvalue weighted by molar-refractivity contribution is 8.03. The van der Waals surface area contributed by atoms with E-state index in [1.807, 2.05) is 0 Å². The van der Waals surface area contributed by atoms with Gasteiger partial charge in [-0.3, -0.25) is 0 Å². The molecule has 0 aliphatic carbocycles. The van der Waals surface area contributed by atoms with Gasteiger partial charge in [0.2, 0.25) is 5.89 Å². The molecule has 0 saturated heterocycles. The smallest absolute Gasteiger partial charge is 0.342 e. The summed E-state index contributed by atoms with van der Waals surface area (Å²) in [7, 11) is 2.99. The van der Waals surface area contributed by atoms with Crippen molar-refractivity contribution in [2.75, 3.05) is 14.2 Å². The van der Waals surface area contributed by atoms with E-state index in [4.69, 9.17) is 25.5 Å². The van der Waals surface area contributed by atoms with Crippen LogP contribution in [0.25, 0.3) is 17.5 Å². The fraction of sp³-hybridized carbons (Fsp3) is 0.105. The lowest BCUT2D eigenvalue weighted by Gasteiger charge is -2.10. The van der Waals surface area contributed by atoms with Crippen molar-refractivity contribution in [2.45, 2.75) is 5.22 Å². The second-order valence-corrected chi connectivity index (χ2v) is 6.81. The van der Waals surface area contributed by atoms with Gasteiger partial charge in [-0.2, -0.15) is 0 Å². The van der Waals surface area contributed by atoms with Crippen molar-refractivity contribution >= 4 is 35.4 Å². The number of halogens is 1. The molecule has 0 saturated carbocycles. The Labute approximate surface area is 169 Å². The maximum atomic E-state index is 11.7. The number of aromatic nitrogens is 2. The summed E-state index contributed by atoms with van der Waals surface area (Å²) in [4.78, 5) is 11.7. The molecule has 0 fully saturated rings. The Morgan fingerprint density at radius 1 is 1.14 bits per heavy atom. The third-order valence-corrected chi connectivity index (χ3v) is 4.73. The number of hydrogen-bond acceptors (Lipinski definition) is 7. The van der Waals surface area contributed by atoms with Crippen LogP contribution in [0.3, 0.4) is 0 Å². The minimum atomic E-state index is -1.14. The molecule has 2 aromatic carbocycles. The SMILES string of the molecule is COc1cccc(/C=C(\Sc2nnc(-c3ccc(Cl)cc3)o2)C(=O)O)c1OC. The second kappa shape index (κ2) is 8.81. The molecule has 0 amide bonds. The molecule has 1 N–H and O–H groups in total. The van der Waals surface area contributed by atoms with Gasteiger partial charge >= 0.3 is 5.97 Å². The first-order valence-corrected chi connectivity index (χ1v) is 9.14. The Kier molecular flexibility index (Phi) is 6.23. The topological polar surface area (TPSA) is 94.7 Å². The first kappa shape index (κ1) is 19.8. The number of rotatable bonds is 7. The lowest BCUT2D eigenvalue weighted by Crippen LogP contribution is -1.98. The van der Waals surface area contributed by atoms with E-state index in [-0.39, 0.29) is 16.0 Å². The maximum absolute atomic E-state index is 11.7. The van der Waals surface area contributed by atoms with E-state index in [0.29, 0.717) is 27.6 Å². The van der Waals surface area contributed by atoms with Crippen molar-refractivity contribution in [3.05, 3.63) is 58.0 Å². The molecule has 3 aromatic rings. The highest BCUT2D eigenvalue weighted by Gasteiger charge is 2.18. The van der Waals surface area contributed by atoms with Crippen molar-refractivity contribution in [2.24, 2.45) is 0 Å². The van der Waals surface area contributed by atoms with Crippen molar-refractivity contribution in [1.82, 2.24) is 10.2 Å². The first-order valence-electron chi connectivity index (χ1n) is 7.95. The van der Waals surface area contributed by atoms with Crippen molar-refractivity contribution in [3.63, 3.8) is 0 Å². The average molecular weight is 419 g/mol. The lowest BCUT2D eigenvalue weighted by molar-refractivity contribution is -0.131. The molecular formula is C19H15ClN2O5S. The quantitative estimate of drug-likeness (QED) is 0.438. The Hall–Kier alpha value is -2.97. The minimum absolute atomic E-state index is 0.0159. The van der Waals surface area contributed by atoms with Gasteiger partial charge in [0.05, 0.1) is 14.2 Å². The number of hydrogen-bond donors (Lipinski definition) is 1. The number of carboxylic acids is 1. The Morgan fingerprint density at radius 3 is 2.54 bits per heavy atom. The predicted octanol–water partition coefficient (Wildman–Crippen LogP) is 4.63. The Balaban J connectivity index is 1.90. The molecule has 9 heteroatoms. The maximum Gasteiger partial charge on any atom is 0.342 e. The van der Waals surface area contributed by atoms with E-state index < -0.39 is 5.97 Å². The summed E-state index contributed by atoms with van der Waals surface area (Å²) in [5, 5.41) is 18.1. The van der Waals surface area contributed by atoms with Crippen LogP contribution >= 0.6 is 23.4 Å². The summed E-state index contributed by atoms with van der Waals surface area (Å²) in [5.74, 6) is 0.0505. The minimum Gasteiger partial charge on any atom is -0.493 e. The zero-order valence-electron chi connectivity index (χ0n) is 14.9. The van der Waals surface area contributed by atoms with Gasteiger partial charge in [0, 0.05) is 16.1 Å². The van der Waals surface area contributed by atoms with Gasteiger partial charge in [0.1, 0.15) is 4.91 Å². The number of carboxylic acid groups (broad SMARTS) is 1. The molecule has 0 radical (unpaired) electrons. The summed E-state index contributed by atoms with van der Waals surface area (Å²) < 4.78 is 16.1. The van der Waals surface area contributed by atoms with Gasteiger partial charge in [-0.15, -0.1) is 10.2 Å². The molecule has 3 rings (SSSR count). The van der Waals surface area contributed by atoms with Crippen molar-refractivity contribution in [3.8, 4) is 23.0 Å². The first-order chi connectivity index (χ1) is 13.5. The van der Waals surface area contributed by atoms with E-state index >= 15 is 0 Å². The third-order valence-electron chi connectivity index (χ3n) is 3.63. The average Bonchev–Trinajstić information content (AvgIpc) is 3.16. The molecule has 28 heavy (non-hydrogen) atoms. The van der Waals surface area contributed by atoms with Crippen LogP contribution in [-0.4, -0.2) is 35.5 Å². The Morgan fingerprint density at radius 2 is 1.89 bits per heavy atom. The van der Waals surface area contributed by atoms with E-state index in [1.54, 1.807) is 42.5 Å². The van der Waals surface area contributed by atoms with E-state index in [9.17, 15) is 9.90 Å². The molecule has 0 spiro atoms. The zero-order valence-corrected chi connectivity index (χ0v) is 16.5. The van der Waals surface area contributed by atoms with Crippen LogP contribution in [0.4, 0.5) is 0 Å². The molecule has 0 atom stereocenters. The summed E-state index contributed by atoms with van der Waals surface area (Å²) in [6, 6.07) is 12.1. The van der Waals surface area contributed by atoms with Gasteiger partial charge in [-0.1, -0.05) is 23.7 Å². The van der Waals surface area contributed by atoms with Crippen LogP contribution in [0, 0.1) is 0 Å². The number of ether oxygens (including phenoxy) is 2. The standard InChI is InChI=1S/C19H15ClN2O5S/c1-25-14-5-3-4-12(16(14)26-2)10-15(18(23)24)28-19-22-21-17(27-19)11-6-8-13(20)9-7-11/h3-10H,1-2H3,(H,23,24)/b15-10-. The van der Waals surface area contributed by atoms with Crippen LogP contribution in [0.2, 0.25) is 5.02 Å². The molecule has 144 valence electrons. The molecule has 1 heterocycles. The Bertz CT molecular complexity index is 1020. The van der Waals surface area contributed by atoms with Crippen LogP contribution in [-0.2, 0) is 4.79 Å². The fourth-order valence-electron chi connectivity index (χ4n) is 2.36. The summed E-state index contributed by atoms with van der Waals surface area (Å²) in [6.45, 7) is 0. The van der Waals surface area contributed by atoms with Crippen molar-refractivity contribution in [1.29, 1.82) is 0 Å². The number of nitrogens with zero attached hydrogens (tertiary/aromatic N) is 2. The molecule has 1 aromatic heterocycles. The van der Waals surface area contributed by atoms with Crippen molar-refractivity contribution < 1.29 is 23.8 Å². The number of thioether (sulfide) groups is 1. The summed E-state index contributed by atoms with van der Waals surface area (Å²) >= 11 is 6.71. The number of methoxy groups -OCH3 is 2. The van der Waals surface area contributed by atoms with Gasteiger partial charge in [0.15, 0.2) is 11.5 Å². The predicted molar refractivity (Wildman–Crippen MR) is 106 cm³/mol. The second-order valence-electron chi connectivity index (χ2n) is 5.38. The van der Waals surface area contributed by atoms with Gasteiger partial charge in [-0.05, 0) is 48.2 Å². The lowest BCUT2D eigenvalue weighted by atomic mass is 10.1. The van der Waals surface area contributed by atoms with E-state index in [2.05, 4.69) is 10.2 Å². The highest BCUT2D eigenvalue weighted by Crippen LogP contribution is 2.35. The molecule has 0 bridgehead atoms.